The van der Waals surface area contributed by atoms with Gasteiger partial charge in [-0.2, -0.15) is 5.10 Å². The molecule has 1 aromatic carbocycles. The highest BCUT2D eigenvalue weighted by molar-refractivity contribution is 5.91. The molecule has 144 valence electrons. The van der Waals surface area contributed by atoms with Crippen molar-refractivity contribution in [1.29, 1.82) is 0 Å². The molecule has 1 amide bonds. The zero-order valence-corrected chi connectivity index (χ0v) is 16.7. The van der Waals surface area contributed by atoms with Crippen LogP contribution in [0.2, 0.25) is 0 Å². The lowest BCUT2D eigenvalue weighted by Gasteiger charge is -2.14. The molecule has 0 atom stereocenters. The second-order valence-corrected chi connectivity index (χ2v) is 7.03. The third-order valence-electron chi connectivity index (χ3n) is 3.76. The lowest BCUT2D eigenvalue weighted by molar-refractivity contribution is -0.115. The Hall–Kier alpha value is -1.89. The minimum atomic E-state index is -0.0919. The number of aromatic nitrogens is 2. The average Bonchev–Trinajstić information content (AvgIpc) is 2.95. The largest absolute Gasteiger partial charge is 0.383 e. The van der Waals surface area contributed by atoms with Gasteiger partial charge >= 0.3 is 0 Å². The second-order valence-electron chi connectivity index (χ2n) is 7.03. The van der Waals surface area contributed by atoms with E-state index in [1.165, 1.54) is 0 Å². The SMILES string of the molecule is COCCNCC(=O)Nc1cc(C(C)(C)C)nn1Cc1ccccc1.Cl. The number of benzene rings is 1. The van der Waals surface area contributed by atoms with Gasteiger partial charge in [0.1, 0.15) is 5.82 Å². The maximum absolute atomic E-state index is 12.2. The molecule has 0 radical (unpaired) electrons. The molecule has 0 saturated heterocycles. The van der Waals surface area contributed by atoms with Gasteiger partial charge in [-0.3, -0.25) is 4.79 Å². The highest BCUT2D eigenvalue weighted by atomic mass is 35.5. The number of ether oxygens (including phenoxy) is 1. The number of carbonyl (C=O) groups is 1. The summed E-state index contributed by atoms with van der Waals surface area (Å²) in [5.74, 6) is 0.623. The predicted octanol–water partition coefficient (Wildman–Crippen LogP) is 2.83. The van der Waals surface area contributed by atoms with Crippen LogP contribution >= 0.6 is 12.4 Å². The predicted molar refractivity (Wildman–Crippen MR) is 107 cm³/mol. The number of carbonyl (C=O) groups excluding carboxylic acids is 1. The van der Waals surface area contributed by atoms with Gasteiger partial charge in [0.15, 0.2) is 0 Å². The summed E-state index contributed by atoms with van der Waals surface area (Å²) in [5, 5.41) is 10.7. The molecule has 7 heteroatoms. The molecule has 0 unspecified atom stereocenters. The van der Waals surface area contributed by atoms with E-state index >= 15 is 0 Å². The van der Waals surface area contributed by atoms with Gasteiger partial charge in [0.2, 0.25) is 5.91 Å². The fourth-order valence-corrected chi connectivity index (χ4v) is 2.32. The number of anilines is 1. The highest BCUT2D eigenvalue weighted by Gasteiger charge is 2.20. The van der Waals surface area contributed by atoms with Crippen LogP contribution < -0.4 is 10.6 Å². The van der Waals surface area contributed by atoms with E-state index in [-0.39, 0.29) is 30.3 Å². The van der Waals surface area contributed by atoms with Crippen LogP contribution in [0.15, 0.2) is 36.4 Å². The Morgan fingerprint density at radius 1 is 1.23 bits per heavy atom. The molecule has 0 aliphatic heterocycles. The van der Waals surface area contributed by atoms with E-state index in [4.69, 9.17) is 9.84 Å². The summed E-state index contributed by atoms with van der Waals surface area (Å²) in [6.07, 6.45) is 0. The number of halogens is 1. The van der Waals surface area contributed by atoms with Crippen molar-refractivity contribution in [2.75, 3.05) is 32.1 Å². The summed E-state index contributed by atoms with van der Waals surface area (Å²) in [7, 11) is 1.64. The van der Waals surface area contributed by atoms with Gasteiger partial charge < -0.3 is 15.4 Å². The van der Waals surface area contributed by atoms with Crippen LogP contribution in [0.5, 0.6) is 0 Å². The summed E-state index contributed by atoms with van der Waals surface area (Å²) in [6.45, 7) is 8.41. The fraction of sp³-hybridized carbons (Fsp3) is 0.474. The van der Waals surface area contributed by atoms with Crippen LogP contribution in [0.1, 0.15) is 32.0 Å². The molecule has 0 aliphatic rings. The van der Waals surface area contributed by atoms with Gasteiger partial charge in [0.25, 0.3) is 0 Å². The first kappa shape index (κ1) is 22.2. The zero-order chi connectivity index (χ0) is 18.3. The highest BCUT2D eigenvalue weighted by Crippen LogP contribution is 2.24. The first-order valence-corrected chi connectivity index (χ1v) is 8.52. The molecule has 0 fully saturated rings. The van der Waals surface area contributed by atoms with E-state index in [0.717, 1.165) is 11.3 Å². The normalized spacial score (nSPS) is 11.1. The molecule has 2 N–H and O–H groups in total. The van der Waals surface area contributed by atoms with E-state index in [2.05, 4.69) is 43.5 Å². The first-order chi connectivity index (χ1) is 11.9. The van der Waals surface area contributed by atoms with Gasteiger partial charge in [-0.25, -0.2) is 4.68 Å². The Labute approximate surface area is 161 Å². The van der Waals surface area contributed by atoms with Crippen LogP contribution in [-0.2, 0) is 21.5 Å². The van der Waals surface area contributed by atoms with Crippen molar-refractivity contribution in [3.05, 3.63) is 47.7 Å². The smallest absolute Gasteiger partial charge is 0.239 e. The van der Waals surface area contributed by atoms with Crippen LogP contribution in [0.4, 0.5) is 5.82 Å². The summed E-state index contributed by atoms with van der Waals surface area (Å²) in [4.78, 5) is 12.2. The van der Waals surface area contributed by atoms with Crippen molar-refractivity contribution in [3.8, 4) is 0 Å². The Balaban J connectivity index is 0.00000338. The number of hydrogen-bond donors (Lipinski definition) is 2. The van der Waals surface area contributed by atoms with Crippen molar-refractivity contribution in [1.82, 2.24) is 15.1 Å². The standard InChI is InChI=1S/C19H28N4O2.ClH/c1-19(2,3)16-12-17(21-18(24)13-20-10-11-25-4)23(22-16)14-15-8-6-5-7-9-15;/h5-9,12,20H,10-11,13-14H2,1-4H3,(H,21,24);1H. The van der Waals surface area contributed by atoms with Gasteiger partial charge in [-0.15, -0.1) is 12.4 Å². The molecule has 26 heavy (non-hydrogen) atoms. The topological polar surface area (TPSA) is 68.2 Å². The van der Waals surface area contributed by atoms with E-state index in [9.17, 15) is 4.79 Å². The summed E-state index contributed by atoms with van der Waals surface area (Å²) < 4.78 is 6.81. The summed E-state index contributed by atoms with van der Waals surface area (Å²) in [6, 6.07) is 12.0. The Morgan fingerprint density at radius 3 is 2.54 bits per heavy atom. The number of nitrogens with one attached hydrogen (secondary N) is 2. The Morgan fingerprint density at radius 2 is 1.92 bits per heavy atom. The molecule has 2 aromatic rings. The monoisotopic (exact) mass is 380 g/mol. The first-order valence-electron chi connectivity index (χ1n) is 8.52. The number of nitrogens with zero attached hydrogens (tertiary/aromatic N) is 2. The quantitative estimate of drug-likeness (QED) is 0.691. The molecular weight excluding hydrogens is 352 g/mol. The van der Waals surface area contributed by atoms with E-state index in [1.54, 1.807) is 7.11 Å². The van der Waals surface area contributed by atoms with Crippen LogP contribution in [0.3, 0.4) is 0 Å². The molecule has 0 aliphatic carbocycles. The second kappa shape index (κ2) is 10.3. The van der Waals surface area contributed by atoms with Crippen LogP contribution in [-0.4, -0.2) is 42.5 Å². The Bertz CT molecular complexity index is 681. The maximum Gasteiger partial charge on any atom is 0.239 e. The number of methoxy groups -OCH3 is 1. The van der Waals surface area contributed by atoms with Crippen molar-refractivity contribution in [3.63, 3.8) is 0 Å². The van der Waals surface area contributed by atoms with Gasteiger partial charge in [0.05, 0.1) is 25.4 Å². The minimum absolute atomic E-state index is 0. The summed E-state index contributed by atoms with van der Waals surface area (Å²) >= 11 is 0. The van der Waals surface area contributed by atoms with Crippen molar-refractivity contribution >= 4 is 24.1 Å². The van der Waals surface area contributed by atoms with Crippen LogP contribution in [0, 0.1) is 0 Å². The van der Waals surface area contributed by atoms with Gasteiger partial charge in [-0.1, -0.05) is 51.1 Å². The third-order valence-corrected chi connectivity index (χ3v) is 3.76. The molecule has 2 rings (SSSR count). The molecule has 1 aromatic heterocycles. The lowest BCUT2D eigenvalue weighted by Crippen LogP contribution is -2.31. The maximum atomic E-state index is 12.2. The average molecular weight is 381 g/mol. The van der Waals surface area contributed by atoms with Crippen molar-refractivity contribution < 1.29 is 9.53 Å². The number of rotatable bonds is 8. The van der Waals surface area contributed by atoms with E-state index < -0.39 is 0 Å². The minimum Gasteiger partial charge on any atom is -0.383 e. The van der Waals surface area contributed by atoms with E-state index in [1.807, 2.05) is 28.9 Å². The molecule has 1 heterocycles. The molecule has 6 nitrogen and oxygen atoms in total. The van der Waals surface area contributed by atoms with Gasteiger partial charge in [-0.05, 0) is 5.56 Å². The third kappa shape index (κ3) is 6.78. The zero-order valence-electron chi connectivity index (χ0n) is 15.9. The Kier molecular flexibility index (Phi) is 8.78. The van der Waals surface area contributed by atoms with Gasteiger partial charge in [0, 0.05) is 25.1 Å². The lowest BCUT2D eigenvalue weighted by atomic mass is 9.92. The molecule has 0 spiro atoms. The molecule has 0 bridgehead atoms. The van der Waals surface area contributed by atoms with Crippen LogP contribution in [0.25, 0.3) is 0 Å². The van der Waals surface area contributed by atoms with Crippen molar-refractivity contribution in [2.24, 2.45) is 0 Å². The molecule has 0 saturated carbocycles. The van der Waals surface area contributed by atoms with E-state index in [0.29, 0.717) is 25.5 Å². The molecular formula is C19H29ClN4O2. The fourth-order valence-electron chi connectivity index (χ4n) is 2.32. The van der Waals surface area contributed by atoms with Crippen molar-refractivity contribution in [2.45, 2.75) is 32.7 Å². The number of hydrogen-bond acceptors (Lipinski definition) is 4. The summed E-state index contributed by atoms with van der Waals surface area (Å²) in [5.41, 5.74) is 2.00. The number of amides is 1.